The molecule has 7 heteroatoms. The van der Waals surface area contributed by atoms with Gasteiger partial charge >= 0.3 is 0 Å². The van der Waals surface area contributed by atoms with Crippen molar-refractivity contribution in [1.29, 1.82) is 0 Å². The first kappa shape index (κ1) is 16.6. The minimum atomic E-state index is -0.0425. The second-order valence-corrected chi connectivity index (χ2v) is 6.78. The van der Waals surface area contributed by atoms with Crippen molar-refractivity contribution in [3.8, 4) is 0 Å². The molecule has 0 fully saturated rings. The quantitative estimate of drug-likeness (QED) is 0.703. The van der Waals surface area contributed by atoms with Gasteiger partial charge in [0.1, 0.15) is 0 Å². The molecule has 1 aromatic carbocycles. The number of fused-ring (bicyclic) bond motifs is 1. The van der Waals surface area contributed by atoms with Crippen LogP contribution in [0.1, 0.15) is 43.5 Å². The van der Waals surface area contributed by atoms with Gasteiger partial charge in [-0.3, -0.25) is 4.79 Å². The van der Waals surface area contributed by atoms with E-state index in [1.54, 1.807) is 0 Å². The second-order valence-electron chi connectivity index (χ2n) is 5.75. The summed E-state index contributed by atoms with van der Waals surface area (Å²) in [6.45, 7) is 4.12. The molecule has 3 rings (SSSR count). The fraction of sp³-hybridized carbons (Fsp3) is 0.412. The van der Waals surface area contributed by atoms with Crippen molar-refractivity contribution in [2.45, 2.75) is 46.0 Å². The number of benzene rings is 1. The molecule has 0 atom stereocenters. The van der Waals surface area contributed by atoms with Gasteiger partial charge in [-0.2, -0.15) is 4.98 Å². The van der Waals surface area contributed by atoms with Gasteiger partial charge in [-0.25, -0.2) is 4.98 Å². The standard InChI is InChI=1S/C17H20N4O2S/c1-3-5-14-19-16(23-21-14)7-4-6-15(22)20-17-18-12-9-8-11(2)10-13(12)24-17/h8-10H,3-7H2,1-2H3,(H,18,20,22). The van der Waals surface area contributed by atoms with Crippen molar-refractivity contribution < 1.29 is 9.32 Å². The van der Waals surface area contributed by atoms with Gasteiger partial charge in [0.2, 0.25) is 11.8 Å². The van der Waals surface area contributed by atoms with E-state index in [2.05, 4.69) is 33.4 Å². The first-order chi connectivity index (χ1) is 11.6. The number of anilines is 1. The average Bonchev–Trinajstić information content (AvgIpc) is 3.13. The predicted molar refractivity (Wildman–Crippen MR) is 94.2 cm³/mol. The molecule has 0 radical (unpaired) electrons. The van der Waals surface area contributed by atoms with Crippen LogP contribution in [-0.4, -0.2) is 21.0 Å². The fourth-order valence-electron chi connectivity index (χ4n) is 2.38. The molecule has 0 aliphatic heterocycles. The Morgan fingerprint density at radius 2 is 2.17 bits per heavy atom. The van der Waals surface area contributed by atoms with Gasteiger partial charge in [0.15, 0.2) is 11.0 Å². The first-order valence-corrected chi connectivity index (χ1v) is 8.94. The molecule has 126 valence electrons. The van der Waals surface area contributed by atoms with Gasteiger partial charge in [-0.15, -0.1) is 0 Å². The minimum absolute atomic E-state index is 0.0425. The van der Waals surface area contributed by atoms with E-state index in [4.69, 9.17) is 4.52 Å². The highest BCUT2D eigenvalue weighted by molar-refractivity contribution is 7.22. The Morgan fingerprint density at radius 3 is 3.00 bits per heavy atom. The molecule has 6 nitrogen and oxygen atoms in total. The van der Waals surface area contributed by atoms with Crippen LogP contribution in [0.5, 0.6) is 0 Å². The molecule has 0 saturated carbocycles. The van der Waals surface area contributed by atoms with Crippen molar-refractivity contribution in [3.05, 3.63) is 35.5 Å². The third-order valence-corrected chi connectivity index (χ3v) is 4.50. The topological polar surface area (TPSA) is 80.9 Å². The van der Waals surface area contributed by atoms with Crippen LogP contribution in [-0.2, 0) is 17.6 Å². The summed E-state index contributed by atoms with van der Waals surface area (Å²) < 4.78 is 6.25. The molecule has 0 bridgehead atoms. The van der Waals surface area contributed by atoms with E-state index in [0.717, 1.165) is 28.9 Å². The van der Waals surface area contributed by atoms with Crippen LogP contribution >= 0.6 is 11.3 Å². The van der Waals surface area contributed by atoms with E-state index in [-0.39, 0.29) is 5.91 Å². The van der Waals surface area contributed by atoms with Crippen molar-refractivity contribution in [3.63, 3.8) is 0 Å². The number of carbonyl (C=O) groups is 1. The molecule has 0 unspecified atom stereocenters. The summed E-state index contributed by atoms with van der Waals surface area (Å²) in [7, 11) is 0. The molecular formula is C17H20N4O2S. The van der Waals surface area contributed by atoms with Crippen molar-refractivity contribution in [2.24, 2.45) is 0 Å². The second kappa shape index (κ2) is 7.53. The monoisotopic (exact) mass is 344 g/mol. The van der Waals surface area contributed by atoms with Crippen LogP contribution in [0.4, 0.5) is 5.13 Å². The average molecular weight is 344 g/mol. The lowest BCUT2D eigenvalue weighted by molar-refractivity contribution is -0.116. The lowest BCUT2D eigenvalue weighted by Crippen LogP contribution is -2.11. The van der Waals surface area contributed by atoms with Gasteiger partial charge in [0, 0.05) is 19.3 Å². The molecule has 3 aromatic rings. The van der Waals surface area contributed by atoms with Gasteiger partial charge < -0.3 is 9.84 Å². The molecule has 1 amide bonds. The Morgan fingerprint density at radius 1 is 1.29 bits per heavy atom. The van der Waals surface area contributed by atoms with Crippen LogP contribution < -0.4 is 5.32 Å². The van der Waals surface area contributed by atoms with Crippen LogP contribution in [0.2, 0.25) is 0 Å². The van der Waals surface area contributed by atoms with E-state index < -0.39 is 0 Å². The predicted octanol–water partition coefficient (Wildman–Crippen LogP) is 3.90. The molecule has 0 aliphatic rings. The van der Waals surface area contributed by atoms with E-state index in [0.29, 0.717) is 30.3 Å². The minimum Gasteiger partial charge on any atom is -0.339 e. The normalized spacial score (nSPS) is 11.1. The number of nitrogens with zero attached hydrogens (tertiary/aromatic N) is 3. The number of hydrogen-bond donors (Lipinski definition) is 1. The molecule has 1 N–H and O–H groups in total. The van der Waals surface area contributed by atoms with Crippen LogP contribution in [0.25, 0.3) is 10.2 Å². The van der Waals surface area contributed by atoms with Crippen LogP contribution in [0, 0.1) is 6.92 Å². The SMILES string of the molecule is CCCc1noc(CCCC(=O)Nc2nc3ccc(C)cc3s2)n1. The number of nitrogens with one attached hydrogen (secondary N) is 1. The summed E-state index contributed by atoms with van der Waals surface area (Å²) in [6, 6.07) is 6.07. The van der Waals surface area contributed by atoms with Crippen molar-refractivity contribution in [2.75, 3.05) is 5.32 Å². The van der Waals surface area contributed by atoms with E-state index >= 15 is 0 Å². The molecule has 2 heterocycles. The lowest BCUT2D eigenvalue weighted by Gasteiger charge is -1.99. The maximum Gasteiger partial charge on any atom is 0.226 e. The van der Waals surface area contributed by atoms with Crippen LogP contribution in [0.3, 0.4) is 0 Å². The number of rotatable bonds is 7. The first-order valence-electron chi connectivity index (χ1n) is 8.12. The zero-order valence-electron chi connectivity index (χ0n) is 13.8. The smallest absolute Gasteiger partial charge is 0.226 e. The molecule has 0 aliphatic carbocycles. The van der Waals surface area contributed by atoms with Crippen molar-refractivity contribution in [1.82, 2.24) is 15.1 Å². The molecule has 0 spiro atoms. The Kier molecular flexibility index (Phi) is 5.20. The van der Waals surface area contributed by atoms with Gasteiger partial charge in [-0.1, -0.05) is 29.5 Å². The van der Waals surface area contributed by atoms with E-state index in [9.17, 15) is 4.79 Å². The summed E-state index contributed by atoms with van der Waals surface area (Å²) in [5, 5.41) is 7.41. The van der Waals surface area contributed by atoms with E-state index in [1.165, 1.54) is 16.9 Å². The number of amides is 1. The molecule has 0 saturated heterocycles. The molecular weight excluding hydrogens is 324 g/mol. The van der Waals surface area contributed by atoms with E-state index in [1.807, 2.05) is 19.1 Å². The lowest BCUT2D eigenvalue weighted by atomic mass is 10.2. The number of hydrogen-bond acceptors (Lipinski definition) is 6. The fourth-order valence-corrected chi connectivity index (χ4v) is 3.36. The summed E-state index contributed by atoms with van der Waals surface area (Å²) in [5.74, 6) is 1.29. The van der Waals surface area contributed by atoms with Gasteiger partial charge in [0.25, 0.3) is 0 Å². The van der Waals surface area contributed by atoms with Crippen LogP contribution in [0.15, 0.2) is 22.7 Å². The molecule has 2 aromatic heterocycles. The summed E-state index contributed by atoms with van der Waals surface area (Å²) in [4.78, 5) is 20.8. The maximum atomic E-state index is 12.0. The Hall–Kier alpha value is -2.28. The van der Waals surface area contributed by atoms with Crippen molar-refractivity contribution >= 4 is 32.6 Å². The maximum absolute atomic E-state index is 12.0. The molecule has 24 heavy (non-hydrogen) atoms. The Bertz CT molecular complexity index is 840. The highest BCUT2D eigenvalue weighted by Gasteiger charge is 2.10. The number of aryl methyl sites for hydroxylation is 3. The third kappa shape index (κ3) is 4.17. The highest BCUT2D eigenvalue weighted by Crippen LogP contribution is 2.26. The van der Waals surface area contributed by atoms with Gasteiger partial charge in [-0.05, 0) is 37.5 Å². The number of thiazole rings is 1. The Labute approximate surface area is 144 Å². The number of aromatic nitrogens is 3. The summed E-state index contributed by atoms with van der Waals surface area (Å²) in [5.41, 5.74) is 2.10. The zero-order valence-corrected chi connectivity index (χ0v) is 14.7. The van der Waals surface area contributed by atoms with Gasteiger partial charge in [0.05, 0.1) is 10.2 Å². The third-order valence-electron chi connectivity index (χ3n) is 3.57. The summed E-state index contributed by atoms with van der Waals surface area (Å²) >= 11 is 1.49. The zero-order chi connectivity index (χ0) is 16.9. The summed E-state index contributed by atoms with van der Waals surface area (Å²) in [6.07, 6.45) is 3.50. The largest absolute Gasteiger partial charge is 0.339 e. The highest BCUT2D eigenvalue weighted by atomic mass is 32.1. The Balaban J connectivity index is 1.49. The number of carbonyl (C=O) groups excluding carboxylic acids is 1.